The second-order valence-electron chi connectivity index (χ2n) is 8.75. The molecule has 7 nitrogen and oxygen atoms in total. The summed E-state index contributed by atoms with van der Waals surface area (Å²) >= 11 is 0. The lowest BCUT2D eigenvalue weighted by Crippen LogP contribution is -2.40. The van der Waals surface area contributed by atoms with E-state index in [2.05, 4.69) is 20.3 Å². The Hall–Kier alpha value is -3.14. The standard InChI is InChI=1S/C24H28F3N5O2/c1-16(2)22-18(14-30-32(22)21-9-8-17(13-28-21)24(25,26)27)23(33)29-15-19(20-7-6-12-34-20)31-10-4-3-5-11-31/h6-9,12-14,16,19H,3-5,10-11,15H2,1-2H3,(H,29,33). The van der Waals surface area contributed by atoms with E-state index in [1.807, 2.05) is 26.0 Å². The van der Waals surface area contributed by atoms with Crippen LogP contribution < -0.4 is 5.32 Å². The molecule has 182 valence electrons. The fraction of sp³-hybridized carbons (Fsp3) is 0.458. The molecule has 3 aromatic heterocycles. The number of rotatable bonds is 7. The molecule has 1 amide bonds. The summed E-state index contributed by atoms with van der Waals surface area (Å²) in [4.78, 5) is 19.4. The number of pyridine rings is 1. The molecule has 1 aliphatic rings. The molecular weight excluding hydrogens is 447 g/mol. The van der Waals surface area contributed by atoms with Gasteiger partial charge in [-0.3, -0.25) is 9.69 Å². The predicted octanol–water partition coefficient (Wildman–Crippen LogP) is 4.96. The Morgan fingerprint density at radius 3 is 2.50 bits per heavy atom. The van der Waals surface area contributed by atoms with Crippen molar-refractivity contribution in [2.45, 2.75) is 51.2 Å². The molecule has 1 atom stereocenters. The first-order chi connectivity index (χ1) is 16.3. The van der Waals surface area contributed by atoms with Gasteiger partial charge in [-0.05, 0) is 56.1 Å². The third-order valence-corrected chi connectivity index (χ3v) is 6.05. The fourth-order valence-corrected chi connectivity index (χ4v) is 4.36. The van der Waals surface area contributed by atoms with Crippen molar-refractivity contribution in [1.82, 2.24) is 25.0 Å². The van der Waals surface area contributed by atoms with Crippen molar-refractivity contribution in [3.05, 3.63) is 65.5 Å². The number of likely N-dealkylation sites (tertiary alicyclic amines) is 1. The molecule has 0 aliphatic carbocycles. The van der Waals surface area contributed by atoms with Gasteiger partial charge >= 0.3 is 6.18 Å². The molecule has 0 saturated carbocycles. The lowest BCUT2D eigenvalue weighted by molar-refractivity contribution is -0.137. The van der Waals surface area contributed by atoms with Crippen LogP contribution in [0.2, 0.25) is 0 Å². The summed E-state index contributed by atoms with van der Waals surface area (Å²) < 4.78 is 45.8. The molecule has 0 spiro atoms. The summed E-state index contributed by atoms with van der Waals surface area (Å²) in [6, 6.07) is 5.90. The minimum Gasteiger partial charge on any atom is -0.468 e. The van der Waals surface area contributed by atoms with Gasteiger partial charge in [-0.1, -0.05) is 20.3 Å². The van der Waals surface area contributed by atoms with Crippen LogP contribution in [0.15, 0.2) is 47.3 Å². The molecule has 0 radical (unpaired) electrons. The molecule has 1 aliphatic heterocycles. The maximum atomic E-state index is 13.2. The van der Waals surface area contributed by atoms with Gasteiger partial charge in [0.2, 0.25) is 0 Å². The maximum Gasteiger partial charge on any atom is 0.417 e. The summed E-state index contributed by atoms with van der Waals surface area (Å²) in [5, 5.41) is 7.28. The van der Waals surface area contributed by atoms with Crippen LogP contribution >= 0.6 is 0 Å². The Morgan fingerprint density at radius 2 is 1.91 bits per heavy atom. The van der Waals surface area contributed by atoms with Crippen LogP contribution in [0, 0.1) is 0 Å². The Balaban J connectivity index is 1.54. The highest BCUT2D eigenvalue weighted by atomic mass is 19.4. The normalized spacial score (nSPS) is 16.1. The van der Waals surface area contributed by atoms with E-state index >= 15 is 0 Å². The van der Waals surface area contributed by atoms with Crippen molar-refractivity contribution in [3.8, 4) is 5.82 Å². The molecule has 4 rings (SSSR count). The number of furan rings is 1. The van der Waals surface area contributed by atoms with Gasteiger partial charge < -0.3 is 9.73 Å². The average Bonchev–Trinajstić information content (AvgIpc) is 3.50. The van der Waals surface area contributed by atoms with Crippen molar-refractivity contribution in [2.75, 3.05) is 19.6 Å². The van der Waals surface area contributed by atoms with Gasteiger partial charge in [0.25, 0.3) is 5.91 Å². The lowest BCUT2D eigenvalue weighted by Gasteiger charge is -2.33. The number of piperidine rings is 1. The zero-order valence-corrected chi connectivity index (χ0v) is 19.2. The minimum atomic E-state index is -4.47. The van der Waals surface area contributed by atoms with Crippen molar-refractivity contribution >= 4 is 5.91 Å². The Labute approximate surface area is 196 Å². The second kappa shape index (κ2) is 10.0. The van der Waals surface area contributed by atoms with Gasteiger partial charge in [-0.2, -0.15) is 18.3 Å². The molecule has 4 heterocycles. The quantitative estimate of drug-likeness (QED) is 0.523. The molecule has 3 aromatic rings. The first kappa shape index (κ1) is 24.0. The van der Waals surface area contributed by atoms with Gasteiger partial charge in [-0.15, -0.1) is 0 Å². The highest BCUT2D eigenvalue weighted by Crippen LogP contribution is 2.30. The van der Waals surface area contributed by atoms with E-state index < -0.39 is 11.7 Å². The third kappa shape index (κ3) is 5.16. The highest BCUT2D eigenvalue weighted by molar-refractivity contribution is 5.95. The number of alkyl halides is 3. The van der Waals surface area contributed by atoms with E-state index in [1.165, 1.54) is 23.4 Å². The van der Waals surface area contributed by atoms with E-state index in [1.54, 1.807) is 6.26 Å². The van der Waals surface area contributed by atoms with Crippen molar-refractivity contribution in [2.24, 2.45) is 0 Å². The van der Waals surface area contributed by atoms with Gasteiger partial charge in [-0.25, -0.2) is 9.67 Å². The van der Waals surface area contributed by atoms with E-state index in [0.717, 1.165) is 44.0 Å². The molecule has 1 N–H and O–H groups in total. The van der Waals surface area contributed by atoms with Crippen LogP contribution in [0.1, 0.15) is 72.4 Å². The number of hydrogen-bond donors (Lipinski definition) is 1. The molecule has 1 unspecified atom stereocenters. The second-order valence-corrected chi connectivity index (χ2v) is 8.75. The average molecular weight is 476 g/mol. The maximum absolute atomic E-state index is 13.2. The predicted molar refractivity (Wildman–Crippen MR) is 120 cm³/mol. The van der Waals surface area contributed by atoms with Gasteiger partial charge in [0.15, 0.2) is 5.82 Å². The summed E-state index contributed by atoms with van der Waals surface area (Å²) in [7, 11) is 0. The highest BCUT2D eigenvalue weighted by Gasteiger charge is 2.31. The summed E-state index contributed by atoms with van der Waals surface area (Å²) in [6.45, 7) is 6.04. The van der Waals surface area contributed by atoms with E-state index in [-0.39, 0.29) is 23.7 Å². The third-order valence-electron chi connectivity index (χ3n) is 6.05. The number of aromatic nitrogens is 3. The largest absolute Gasteiger partial charge is 0.468 e. The van der Waals surface area contributed by atoms with Crippen LogP contribution in [0.25, 0.3) is 5.82 Å². The van der Waals surface area contributed by atoms with Gasteiger partial charge in [0, 0.05) is 12.7 Å². The zero-order chi connectivity index (χ0) is 24.3. The van der Waals surface area contributed by atoms with Crippen LogP contribution in [0.5, 0.6) is 0 Å². The van der Waals surface area contributed by atoms with Crippen molar-refractivity contribution in [1.29, 1.82) is 0 Å². The van der Waals surface area contributed by atoms with Gasteiger partial charge in [0.1, 0.15) is 5.76 Å². The SMILES string of the molecule is CC(C)c1c(C(=O)NCC(c2ccco2)N2CCCCC2)cnn1-c1ccc(C(F)(F)F)cn1. The molecule has 0 aromatic carbocycles. The monoisotopic (exact) mass is 475 g/mol. The number of carbonyl (C=O) groups excluding carboxylic acids is 1. The van der Waals surface area contributed by atoms with Crippen molar-refractivity contribution in [3.63, 3.8) is 0 Å². The number of nitrogens with one attached hydrogen (secondary N) is 1. The Bertz CT molecular complexity index is 1090. The first-order valence-electron chi connectivity index (χ1n) is 11.4. The molecule has 1 saturated heterocycles. The van der Waals surface area contributed by atoms with Crippen LogP contribution in [0.4, 0.5) is 13.2 Å². The Morgan fingerprint density at radius 1 is 1.15 bits per heavy atom. The van der Waals surface area contributed by atoms with E-state index in [0.29, 0.717) is 17.8 Å². The minimum absolute atomic E-state index is 0.0756. The first-order valence-corrected chi connectivity index (χ1v) is 11.4. The molecule has 1 fully saturated rings. The van der Waals surface area contributed by atoms with Gasteiger partial charge in [0.05, 0.1) is 35.3 Å². The summed E-state index contributed by atoms with van der Waals surface area (Å²) in [5.41, 5.74) is 0.111. The summed E-state index contributed by atoms with van der Waals surface area (Å²) in [5.74, 6) is 0.610. The lowest BCUT2D eigenvalue weighted by atomic mass is 10.0. The van der Waals surface area contributed by atoms with E-state index in [4.69, 9.17) is 4.42 Å². The zero-order valence-electron chi connectivity index (χ0n) is 19.2. The number of amides is 1. The van der Waals surface area contributed by atoms with Crippen LogP contribution in [-0.4, -0.2) is 45.2 Å². The number of halogens is 3. The topological polar surface area (TPSA) is 76.2 Å². The van der Waals surface area contributed by atoms with Crippen LogP contribution in [-0.2, 0) is 6.18 Å². The molecule has 34 heavy (non-hydrogen) atoms. The van der Waals surface area contributed by atoms with Crippen molar-refractivity contribution < 1.29 is 22.4 Å². The number of carbonyl (C=O) groups is 1. The molecule has 10 heteroatoms. The molecular formula is C24H28F3N5O2. The Kier molecular flexibility index (Phi) is 7.06. The van der Waals surface area contributed by atoms with E-state index in [9.17, 15) is 18.0 Å². The van der Waals surface area contributed by atoms with Crippen LogP contribution in [0.3, 0.4) is 0 Å². The smallest absolute Gasteiger partial charge is 0.417 e. The number of nitrogens with zero attached hydrogens (tertiary/aromatic N) is 4. The molecule has 0 bridgehead atoms. The number of hydrogen-bond acceptors (Lipinski definition) is 5. The fourth-order valence-electron chi connectivity index (χ4n) is 4.36. The summed E-state index contributed by atoms with van der Waals surface area (Å²) in [6.07, 6.45) is 2.78.